The Balaban J connectivity index is 1.74. The third kappa shape index (κ3) is 11.7. The second-order valence-electron chi connectivity index (χ2n) is 14.6. The van der Waals surface area contributed by atoms with E-state index in [9.17, 15) is 33.6 Å². The van der Waals surface area contributed by atoms with Crippen molar-refractivity contribution in [2.75, 3.05) is 13.7 Å². The highest BCUT2D eigenvalue weighted by atomic mass is 16.6. The molecule has 18 heteroatoms. The number of aryl methyl sites for hydroxylation is 2. The summed E-state index contributed by atoms with van der Waals surface area (Å²) in [7, 11) is 1.13. The van der Waals surface area contributed by atoms with Gasteiger partial charge in [0.2, 0.25) is 5.91 Å². The van der Waals surface area contributed by atoms with Gasteiger partial charge in [0.15, 0.2) is 17.8 Å². The van der Waals surface area contributed by atoms with Gasteiger partial charge in [0.05, 0.1) is 25.4 Å². The van der Waals surface area contributed by atoms with Gasteiger partial charge in [-0.15, -0.1) is 11.7 Å². The smallest absolute Gasteiger partial charge is 0.338 e. The van der Waals surface area contributed by atoms with Gasteiger partial charge in [0.25, 0.3) is 5.91 Å². The van der Waals surface area contributed by atoms with E-state index in [0.717, 1.165) is 65.7 Å². The molecule has 1 aliphatic heterocycles. The number of aromatic nitrogens is 3. The zero-order chi connectivity index (χ0) is 42.7. The predicted octanol–water partition coefficient (Wildman–Crippen LogP) is 2.85. The zero-order valence-corrected chi connectivity index (χ0v) is 34.0. The number of methoxy groups -OCH3 is 1. The maximum Gasteiger partial charge on any atom is 0.338 e. The van der Waals surface area contributed by atoms with E-state index in [-0.39, 0.29) is 30.9 Å². The number of carbonyl (C=O) groups is 7. The van der Waals surface area contributed by atoms with E-state index in [4.69, 9.17) is 28.4 Å². The van der Waals surface area contributed by atoms with Crippen LogP contribution in [0.3, 0.4) is 0 Å². The van der Waals surface area contributed by atoms with E-state index in [0.29, 0.717) is 16.9 Å². The fourth-order valence-corrected chi connectivity index (χ4v) is 7.61. The molecule has 58 heavy (non-hydrogen) atoms. The molecule has 2 amide bonds. The SMILES string of the molecule is C=CC[C@]1(C(=O)OC)C[C@H](OC(C)=O)[C@@H](NC(=O)Cn2cc(C3CCCCC3)nn2)[C@H](C(OC(C)=O)C(CNC(=O)c2cc(C)c(OC(C)=O)c(C)c2)OC(C)=O)O1. The maximum absolute atomic E-state index is 13.8. The van der Waals surface area contributed by atoms with Crippen molar-refractivity contribution in [2.45, 2.75) is 135 Å². The lowest BCUT2D eigenvalue weighted by Gasteiger charge is -2.49. The molecular formula is C40H53N5O13. The summed E-state index contributed by atoms with van der Waals surface area (Å²) in [6.45, 7) is 10.8. The van der Waals surface area contributed by atoms with Gasteiger partial charge in [0.1, 0.15) is 24.5 Å². The molecule has 4 rings (SSSR count). The van der Waals surface area contributed by atoms with Crippen LogP contribution in [0.25, 0.3) is 0 Å². The van der Waals surface area contributed by atoms with Crippen LogP contribution in [0.4, 0.5) is 0 Å². The fraction of sp³-hybridized carbons (Fsp3) is 0.575. The van der Waals surface area contributed by atoms with Gasteiger partial charge in [-0.25, -0.2) is 9.48 Å². The standard InChI is InChI=1S/C40H53N5O13/c1-9-15-40(39(52)53-8)18-31(54-24(4)46)34(42-33(50)21-45-20-30(43-44-45)28-13-11-10-12-14-28)37(58-40)36(57-27(7)49)32(55-25(5)47)19-41-38(51)29-16-22(2)35(23(3)17-29)56-26(6)48/h9,16-17,20,28,31-32,34,36-37H,1,10-15,18-19,21H2,2-8H3,(H,41,51)(H,42,50)/t31-,32?,34+,36?,37+,40+/m0/s1. The number of rotatable bonds is 16. The van der Waals surface area contributed by atoms with Gasteiger partial charge in [-0.1, -0.05) is 30.6 Å². The summed E-state index contributed by atoms with van der Waals surface area (Å²) in [5.74, 6) is -4.67. The molecule has 2 N–H and O–H groups in total. The third-order valence-corrected chi connectivity index (χ3v) is 9.95. The van der Waals surface area contributed by atoms with Crippen molar-refractivity contribution in [3.63, 3.8) is 0 Å². The summed E-state index contributed by atoms with van der Waals surface area (Å²) in [5.41, 5.74) is 0.0322. The number of nitrogens with zero attached hydrogens (tertiary/aromatic N) is 3. The molecule has 2 heterocycles. The molecule has 0 bridgehead atoms. The van der Waals surface area contributed by atoms with Crippen molar-refractivity contribution in [2.24, 2.45) is 0 Å². The first-order valence-electron chi connectivity index (χ1n) is 19.1. The lowest BCUT2D eigenvalue weighted by Crippen LogP contribution is -2.69. The molecule has 2 unspecified atom stereocenters. The monoisotopic (exact) mass is 811 g/mol. The Labute approximate surface area is 336 Å². The van der Waals surface area contributed by atoms with Gasteiger partial charge in [-0.3, -0.25) is 28.8 Å². The highest BCUT2D eigenvalue weighted by molar-refractivity contribution is 5.95. The van der Waals surface area contributed by atoms with Crippen LogP contribution in [0.5, 0.6) is 5.75 Å². The highest BCUT2D eigenvalue weighted by Gasteiger charge is 2.57. The Hall–Kier alpha value is -5.65. The molecule has 2 aromatic rings. The second kappa shape index (κ2) is 20.2. The Morgan fingerprint density at radius 2 is 1.62 bits per heavy atom. The molecule has 1 saturated carbocycles. The van der Waals surface area contributed by atoms with Gasteiger partial charge < -0.3 is 39.1 Å². The Morgan fingerprint density at radius 3 is 2.19 bits per heavy atom. The fourth-order valence-electron chi connectivity index (χ4n) is 7.61. The van der Waals surface area contributed by atoms with Crippen molar-refractivity contribution >= 4 is 41.7 Å². The Kier molecular flexibility index (Phi) is 15.7. The summed E-state index contributed by atoms with van der Waals surface area (Å²) in [5, 5.41) is 13.9. The van der Waals surface area contributed by atoms with Crippen LogP contribution in [0.2, 0.25) is 0 Å². The van der Waals surface area contributed by atoms with E-state index < -0.39 is 84.3 Å². The number of nitrogens with one attached hydrogen (secondary N) is 2. The second-order valence-corrected chi connectivity index (χ2v) is 14.6. The van der Waals surface area contributed by atoms with Crippen molar-refractivity contribution in [1.82, 2.24) is 25.6 Å². The van der Waals surface area contributed by atoms with Crippen LogP contribution < -0.4 is 15.4 Å². The summed E-state index contributed by atoms with van der Waals surface area (Å²) in [6.07, 6.45) is 1.74. The average molecular weight is 812 g/mol. The Morgan fingerprint density at radius 1 is 0.966 bits per heavy atom. The number of esters is 5. The number of amides is 2. The van der Waals surface area contributed by atoms with Crippen LogP contribution in [-0.2, 0) is 59.0 Å². The molecule has 1 aliphatic carbocycles. The van der Waals surface area contributed by atoms with Gasteiger partial charge in [-0.2, -0.15) is 0 Å². The normalized spacial score (nSPS) is 21.7. The van der Waals surface area contributed by atoms with E-state index >= 15 is 0 Å². The van der Waals surface area contributed by atoms with Crippen LogP contribution in [0.1, 0.15) is 106 Å². The lowest BCUT2D eigenvalue weighted by atomic mass is 9.81. The topological polar surface area (TPSA) is 230 Å². The minimum Gasteiger partial charge on any atom is -0.467 e. The largest absolute Gasteiger partial charge is 0.467 e. The quantitative estimate of drug-likeness (QED) is 0.107. The first-order valence-corrected chi connectivity index (χ1v) is 19.1. The van der Waals surface area contributed by atoms with E-state index in [2.05, 4.69) is 27.5 Å². The van der Waals surface area contributed by atoms with Gasteiger partial charge in [-0.05, 0) is 49.9 Å². The summed E-state index contributed by atoms with van der Waals surface area (Å²) >= 11 is 0. The lowest BCUT2D eigenvalue weighted by molar-refractivity contribution is -0.239. The molecular weight excluding hydrogens is 758 g/mol. The minimum atomic E-state index is -1.90. The number of hydrogen-bond donors (Lipinski definition) is 2. The summed E-state index contributed by atoms with van der Waals surface area (Å²) in [4.78, 5) is 90.6. The molecule has 1 aromatic heterocycles. The molecule has 6 atom stereocenters. The molecule has 1 aromatic carbocycles. The third-order valence-electron chi connectivity index (χ3n) is 9.95. The average Bonchev–Trinajstić information content (AvgIpc) is 3.62. The highest BCUT2D eigenvalue weighted by Crippen LogP contribution is 2.38. The van der Waals surface area contributed by atoms with Crippen molar-refractivity contribution in [3.05, 3.63) is 53.4 Å². The predicted molar refractivity (Wildman–Crippen MR) is 203 cm³/mol. The zero-order valence-electron chi connectivity index (χ0n) is 34.0. The van der Waals surface area contributed by atoms with E-state index in [1.54, 1.807) is 20.0 Å². The molecule has 1 saturated heterocycles. The number of ether oxygens (including phenoxy) is 6. The number of hydrogen-bond acceptors (Lipinski definition) is 15. The van der Waals surface area contributed by atoms with Crippen LogP contribution >= 0.6 is 0 Å². The molecule has 18 nitrogen and oxygen atoms in total. The van der Waals surface area contributed by atoms with Crippen LogP contribution in [0.15, 0.2) is 31.0 Å². The molecule has 0 spiro atoms. The molecule has 2 aliphatic rings. The Bertz CT molecular complexity index is 1850. The van der Waals surface area contributed by atoms with Gasteiger partial charge in [0, 0.05) is 58.2 Å². The summed E-state index contributed by atoms with van der Waals surface area (Å²) < 4.78 is 35.5. The van der Waals surface area contributed by atoms with Crippen molar-refractivity contribution < 1.29 is 62.0 Å². The molecule has 2 fully saturated rings. The summed E-state index contributed by atoms with van der Waals surface area (Å²) in [6, 6.07) is 1.65. The molecule has 0 radical (unpaired) electrons. The van der Waals surface area contributed by atoms with E-state index in [1.165, 1.54) is 29.8 Å². The van der Waals surface area contributed by atoms with E-state index in [1.807, 2.05) is 0 Å². The minimum absolute atomic E-state index is 0.168. The van der Waals surface area contributed by atoms with Crippen molar-refractivity contribution in [3.8, 4) is 5.75 Å². The number of carbonyl (C=O) groups excluding carboxylic acids is 7. The van der Waals surface area contributed by atoms with Gasteiger partial charge >= 0.3 is 29.8 Å². The van der Waals surface area contributed by atoms with Crippen LogP contribution in [-0.4, -0.2) is 106 Å². The number of benzene rings is 1. The van der Waals surface area contributed by atoms with Crippen LogP contribution in [0, 0.1) is 13.8 Å². The first kappa shape index (κ1) is 45.1. The first-order chi connectivity index (χ1) is 27.5. The molecule has 316 valence electrons. The van der Waals surface area contributed by atoms with Crippen molar-refractivity contribution in [1.29, 1.82) is 0 Å². The maximum atomic E-state index is 13.8.